The van der Waals surface area contributed by atoms with Crippen LogP contribution in [-0.4, -0.2) is 7.11 Å². The summed E-state index contributed by atoms with van der Waals surface area (Å²) in [4.78, 5) is 0. The van der Waals surface area contributed by atoms with E-state index in [1.807, 2.05) is 38.1 Å². The second-order valence-corrected chi connectivity index (χ2v) is 5.54. The number of hydrogen-bond acceptors (Lipinski definition) is 2. The maximum atomic E-state index is 13.6. The van der Waals surface area contributed by atoms with Crippen molar-refractivity contribution in [3.63, 3.8) is 0 Å². The van der Waals surface area contributed by atoms with Gasteiger partial charge in [0.2, 0.25) is 0 Å². The average Bonchev–Trinajstić information content (AvgIpc) is 2.44. The largest absolute Gasteiger partial charge is 0.496 e. The van der Waals surface area contributed by atoms with Gasteiger partial charge in [0.1, 0.15) is 11.6 Å². The molecule has 2 aromatic carbocycles. The van der Waals surface area contributed by atoms with Crippen LogP contribution in [0.4, 0.5) is 10.1 Å². The number of halogens is 2. The Morgan fingerprint density at radius 1 is 1.25 bits per heavy atom. The van der Waals surface area contributed by atoms with Gasteiger partial charge >= 0.3 is 0 Å². The molecule has 20 heavy (non-hydrogen) atoms. The number of benzene rings is 2. The third-order valence-electron chi connectivity index (χ3n) is 3.24. The predicted octanol–water partition coefficient (Wildman–Crippen LogP) is 5.08. The number of rotatable bonds is 4. The van der Waals surface area contributed by atoms with Crippen LogP contribution in [0, 0.1) is 12.7 Å². The first-order valence-electron chi connectivity index (χ1n) is 6.38. The highest BCUT2D eigenvalue weighted by atomic mass is 79.9. The Balaban J connectivity index is 2.28. The third kappa shape index (κ3) is 3.12. The molecule has 0 aromatic heterocycles. The molecule has 0 bridgehead atoms. The lowest BCUT2D eigenvalue weighted by Gasteiger charge is -2.20. The highest BCUT2D eigenvalue weighted by Gasteiger charge is 2.13. The number of aryl methyl sites for hydroxylation is 1. The fourth-order valence-electron chi connectivity index (χ4n) is 2.14. The van der Waals surface area contributed by atoms with Crippen molar-refractivity contribution < 1.29 is 9.13 Å². The summed E-state index contributed by atoms with van der Waals surface area (Å²) in [6, 6.07) is 11.1. The third-order valence-corrected chi connectivity index (χ3v) is 3.85. The number of ether oxygens (including phenoxy) is 1. The van der Waals surface area contributed by atoms with E-state index in [-0.39, 0.29) is 11.9 Å². The minimum atomic E-state index is -0.273. The van der Waals surface area contributed by atoms with Gasteiger partial charge in [0, 0.05) is 11.3 Å². The molecule has 0 heterocycles. The van der Waals surface area contributed by atoms with Gasteiger partial charge in [0.25, 0.3) is 0 Å². The van der Waals surface area contributed by atoms with Crippen LogP contribution in [0.1, 0.15) is 24.1 Å². The fourth-order valence-corrected chi connectivity index (χ4v) is 2.59. The van der Waals surface area contributed by atoms with E-state index >= 15 is 0 Å². The van der Waals surface area contributed by atoms with E-state index in [4.69, 9.17) is 4.74 Å². The SMILES string of the molecule is COc1ccccc1C(C)Nc1cc(F)c(Br)cc1C. The lowest BCUT2D eigenvalue weighted by molar-refractivity contribution is 0.408. The molecule has 0 radical (unpaired) electrons. The summed E-state index contributed by atoms with van der Waals surface area (Å²) in [5, 5.41) is 3.33. The topological polar surface area (TPSA) is 21.3 Å². The molecule has 106 valence electrons. The minimum Gasteiger partial charge on any atom is -0.496 e. The molecule has 0 aliphatic heterocycles. The van der Waals surface area contributed by atoms with Crippen LogP contribution < -0.4 is 10.1 Å². The first kappa shape index (κ1) is 14.9. The summed E-state index contributed by atoms with van der Waals surface area (Å²) in [6.45, 7) is 3.97. The van der Waals surface area contributed by atoms with Crippen LogP contribution in [0.2, 0.25) is 0 Å². The molecule has 2 rings (SSSR count). The van der Waals surface area contributed by atoms with Crippen molar-refractivity contribution in [2.75, 3.05) is 12.4 Å². The Labute approximate surface area is 127 Å². The average molecular weight is 338 g/mol. The van der Waals surface area contributed by atoms with Crippen LogP contribution in [0.25, 0.3) is 0 Å². The number of methoxy groups -OCH3 is 1. The zero-order chi connectivity index (χ0) is 14.7. The van der Waals surface area contributed by atoms with Gasteiger partial charge in [-0.2, -0.15) is 0 Å². The number of para-hydroxylation sites is 1. The molecule has 0 aliphatic rings. The Hall–Kier alpha value is -1.55. The zero-order valence-corrected chi connectivity index (χ0v) is 13.3. The molecule has 0 aliphatic carbocycles. The van der Waals surface area contributed by atoms with Crippen LogP contribution >= 0.6 is 15.9 Å². The Bertz CT molecular complexity index is 615. The van der Waals surface area contributed by atoms with Crippen molar-refractivity contribution in [2.24, 2.45) is 0 Å². The summed E-state index contributed by atoms with van der Waals surface area (Å²) < 4.78 is 19.5. The van der Waals surface area contributed by atoms with E-state index in [1.54, 1.807) is 13.2 Å². The Kier molecular flexibility index (Phi) is 4.65. The molecule has 0 amide bonds. The first-order chi connectivity index (χ1) is 9.52. The molecule has 2 aromatic rings. The van der Waals surface area contributed by atoms with Crippen molar-refractivity contribution >= 4 is 21.6 Å². The number of anilines is 1. The van der Waals surface area contributed by atoms with E-state index in [2.05, 4.69) is 21.2 Å². The molecule has 4 heteroatoms. The van der Waals surface area contributed by atoms with Gasteiger partial charge in [-0.3, -0.25) is 0 Å². The number of nitrogens with one attached hydrogen (secondary N) is 1. The van der Waals surface area contributed by atoms with Crippen molar-refractivity contribution in [2.45, 2.75) is 19.9 Å². The first-order valence-corrected chi connectivity index (χ1v) is 7.17. The van der Waals surface area contributed by atoms with Gasteiger partial charge in [-0.25, -0.2) is 4.39 Å². The van der Waals surface area contributed by atoms with E-state index in [0.717, 1.165) is 22.6 Å². The summed E-state index contributed by atoms with van der Waals surface area (Å²) in [5.74, 6) is 0.549. The van der Waals surface area contributed by atoms with Crippen molar-refractivity contribution in [3.05, 3.63) is 57.8 Å². The summed E-state index contributed by atoms with van der Waals surface area (Å²) >= 11 is 3.19. The van der Waals surface area contributed by atoms with Crippen LogP contribution in [0.3, 0.4) is 0 Å². The standard InChI is InChI=1S/C16H17BrFNO/c1-10-8-13(17)14(18)9-15(10)19-11(2)12-6-4-5-7-16(12)20-3/h4-9,11,19H,1-3H3. The van der Waals surface area contributed by atoms with Crippen LogP contribution in [0.5, 0.6) is 5.75 Å². The van der Waals surface area contributed by atoms with Gasteiger partial charge in [-0.1, -0.05) is 18.2 Å². The molecule has 2 nitrogen and oxygen atoms in total. The van der Waals surface area contributed by atoms with Crippen LogP contribution in [-0.2, 0) is 0 Å². The molecule has 0 saturated heterocycles. The second-order valence-electron chi connectivity index (χ2n) is 4.69. The maximum Gasteiger partial charge on any atom is 0.139 e. The zero-order valence-electron chi connectivity index (χ0n) is 11.7. The summed E-state index contributed by atoms with van der Waals surface area (Å²) in [5.41, 5.74) is 2.81. The molecular formula is C16H17BrFNO. The van der Waals surface area contributed by atoms with Crippen molar-refractivity contribution in [1.29, 1.82) is 0 Å². The van der Waals surface area contributed by atoms with Gasteiger partial charge in [-0.05, 0) is 53.5 Å². The van der Waals surface area contributed by atoms with E-state index in [9.17, 15) is 4.39 Å². The lowest BCUT2D eigenvalue weighted by Crippen LogP contribution is -2.09. The summed E-state index contributed by atoms with van der Waals surface area (Å²) in [6.07, 6.45) is 0. The van der Waals surface area contributed by atoms with Gasteiger partial charge in [0.05, 0.1) is 17.6 Å². The molecule has 1 atom stereocenters. The Morgan fingerprint density at radius 2 is 1.95 bits per heavy atom. The predicted molar refractivity (Wildman–Crippen MR) is 83.9 cm³/mol. The van der Waals surface area contributed by atoms with Crippen molar-refractivity contribution in [1.82, 2.24) is 0 Å². The quantitative estimate of drug-likeness (QED) is 0.840. The molecule has 0 spiro atoms. The van der Waals surface area contributed by atoms with Gasteiger partial charge < -0.3 is 10.1 Å². The van der Waals surface area contributed by atoms with Gasteiger partial charge in [0.15, 0.2) is 0 Å². The summed E-state index contributed by atoms with van der Waals surface area (Å²) in [7, 11) is 1.65. The maximum absolute atomic E-state index is 13.6. The highest BCUT2D eigenvalue weighted by molar-refractivity contribution is 9.10. The molecule has 1 N–H and O–H groups in total. The molecule has 0 saturated carbocycles. The highest BCUT2D eigenvalue weighted by Crippen LogP contribution is 2.30. The monoisotopic (exact) mass is 337 g/mol. The van der Waals surface area contributed by atoms with Crippen LogP contribution in [0.15, 0.2) is 40.9 Å². The second kappa shape index (κ2) is 6.27. The fraction of sp³-hybridized carbons (Fsp3) is 0.250. The molecule has 0 fully saturated rings. The lowest BCUT2D eigenvalue weighted by atomic mass is 10.1. The van der Waals surface area contributed by atoms with E-state index in [0.29, 0.717) is 4.47 Å². The van der Waals surface area contributed by atoms with Crippen molar-refractivity contribution in [3.8, 4) is 5.75 Å². The van der Waals surface area contributed by atoms with E-state index in [1.165, 1.54) is 6.07 Å². The van der Waals surface area contributed by atoms with E-state index < -0.39 is 0 Å². The normalized spacial score (nSPS) is 12.1. The molecule has 1 unspecified atom stereocenters. The minimum absolute atomic E-state index is 0.0189. The van der Waals surface area contributed by atoms with Gasteiger partial charge in [-0.15, -0.1) is 0 Å². The number of hydrogen-bond donors (Lipinski definition) is 1. The smallest absolute Gasteiger partial charge is 0.139 e. The molecular weight excluding hydrogens is 321 g/mol. The Morgan fingerprint density at radius 3 is 2.65 bits per heavy atom.